The molecule has 0 fully saturated rings. The van der Waals surface area contributed by atoms with Crippen LogP contribution in [0.2, 0.25) is 0 Å². The summed E-state index contributed by atoms with van der Waals surface area (Å²) in [5.74, 6) is 5.30. The van der Waals surface area contributed by atoms with E-state index in [-0.39, 0.29) is 16.6 Å². The number of thioether (sulfide) groups is 1. The lowest BCUT2D eigenvalue weighted by Crippen LogP contribution is -2.13. The van der Waals surface area contributed by atoms with E-state index >= 15 is 0 Å². The molecule has 11 heteroatoms. The predicted molar refractivity (Wildman–Crippen MR) is 115 cm³/mol. The van der Waals surface area contributed by atoms with Crippen LogP contribution in [0.5, 0.6) is 11.5 Å². The molecular formula is C20H17F3N6OS. The van der Waals surface area contributed by atoms with E-state index in [0.29, 0.717) is 22.9 Å². The second kappa shape index (κ2) is 9.94. The highest BCUT2D eigenvalue weighted by atomic mass is 32.2. The van der Waals surface area contributed by atoms with Gasteiger partial charge in [-0.05, 0) is 36.4 Å². The van der Waals surface area contributed by atoms with Gasteiger partial charge in [-0.15, -0.1) is 0 Å². The molecule has 0 radical (unpaired) electrons. The number of nitrogens with zero attached hydrogens (tertiary/aromatic N) is 4. The molecule has 0 atom stereocenters. The first-order valence-electron chi connectivity index (χ1n) is 8.82. The Kier molecular flexibility index (Phi) is 7.08. The van der Waals surface area contributed by atoms with Gasteiger partial charge in [0.1, 0.15) is 22.3 Å². The molecule has 1 aromatic heterocycles. The number of anilines is 1. The zero-order valence-electron chi connectivity index (χ0n) is 16.0. The average molecular weight is 446 g/mol. The van der Waals surface area contributed by atoms with E-state index in [4.69, 9.17) is 16.3 Å². The first-order chi connectivity index (χ1) is 14.8. The van der Waals surface area contributed by atoms with Gasteiger partial charge >= 0.3 is 6.18 Å². The van der Waals surface area contributed by atoms with E-state index in [9.17, 15) is 13.2 Å². The number of halogens is 3. The van der Waals surface area contributed by atoms with E-state index < -0.39 is 12.0 Å². The van der Waals surface area contributed by atoms with E-state index in [1.165, 1.54) is 12.3 Å². The van der Waals surface area contributed by atoms with Gasteiger partial charge in [-0.3, -0.25) is 4.99 Å². The molecule has 1 heterocycles. The summed E-state index contributed by atoms with van der Waals surface area (Å²) < 4.78 is 44.1. The second-order valence-corrected chi connectivity index (χ2v) is 7.02. The van der Waals surface area contributed by atoms with Crippen molar-refractivity contribution in [2.45, 2.75) is 11.2 Å². The lowest BCUT2D eigenvalue weighted by molar-refractivity contribution is -0.145. The normalized spacial score (nSPS) is 12.3. The van der Waals surface area contributed by atoms with Crippen LogP contribution in [0.1, 0.15) is 5.82 Å². The minimum atomic E-state index is -4.69. The zero-order chi connectivity index (χ0) is 22.3. The van der Waals surface area contributed by atoms with Crippen LogP contribution < -0.4 is 16.3 Å². The largest absolute Gasteiger partial charge is 0.457 e. The van der Waals surface area contributed by atoms with E-state index in [2.05, 4.69) is 20.1 Å². The van der Waals surface area contributed by atoms with Crippen molar-refractivity contribution >= 4 is 35.2 Å². The molecule has 3 rings (SSSR count). The minimum absolute atomic E-state index is 0.0526. The second-order valence-electron chi connectivity index (χ2n) is 6.03. The van der Waals surface area contributed by atoms with Crippen molar-refractivity contribution in [3.63, 3.8) is 0 Å². The smallest absolute Gasteiger partial charge is 0.451 e. The summed E-state index contributed by atoms with van der Waals surface area (Å²) in [5.41, 5.74) is 6.40. The highest BCUT2D eigenvalue weighted by Crippen LogP contribution is 2.29. The molecule has 0 unspecified atom stereocenters. The Morgan fingerprint density at radius 3 is 2.35 bits per heavy atom. The lowest BCUT2D eigenvalue weighted by atomic mass is 10.3. The number of hydrogen-bond donors (Lipinski definition) is 2. The average Bonchev–Trinajstić information content (AvgIpc) is 2.75. The van der Waals surface area contributed by atoms with Crippen molar-refractivity contribution in [1.82, 2.24) is 9.97 Å². The van der Waals surface area contributed by atoms with E-state index in [1.54, 1.807) is 24.3 Å². The molecule has 0 bridgehead atoms. The van der Waals surface area contributed by atoms with Crippen molar-refractivity contribution in [2.75, 3.05) is 11.5 Å². The van der Waals surface area contributed by atoms with Crippen molar-refractivity contribution in [2.24, 2.45) is 15.9 Å². The molecule has 0 spiro atoms. The first-order valence-corrected chi connectivity index (χ1v) is 9.80. The Labute approximate surface area is 180 Å². The Hall–Kier alpha value is -3.60. The number of nitrogen functional groups attached to an aromatic ring is 1. The molecule has 2 aromatic carbocycles. The van der Waals surface area contributed by atoms with Crippen molar-refractivity contribution in [3.8, 4) is 11.5 Å². The summed E-state index contributed by atoms with van der Waals surface area (Å²) in [6.07, 6.45) is -3.26. The molecule has 0 amide bonds. The minimum Gasteiger partial charge on any atom is -0.457 e. The number of nitrogens with two attached hydrogens (primary N) is 2. The van der Waals surface area contributed by atoms with Gasteiger partial charge in [-0.2, -0.15) is 18.3 Å². The number of benzene rings is 2. The summed E-state index contributed by atoms with van der Waals surface area (Å²) in [4.78, 5) is 10.9. The van der Waals surface area contributed by atoms with Crippen LogP contribution in [0, 0.1) is 0 Å². The highest BCUT2D eigenvalue weighted by Gasteiger charge is 2.35. The molecule has 31 heavy (non-hydrogen) atoms. The van der Waals surface area contributed by atoms with Crippen LogP contribution in [0.4, 0.5) is 24.7 Å². The topological polar surface area (TPSA) is 112 Å². The summed E-state index contributed by atoms with van der Waals surface area (Å²) in [6, 6.07) is 17.6. The van der Waals surface area contributed by atoms with Crippen LogP contribution in [-0.2, 0) is 6.18 Å². The highest BCUT2D eigenvalue weighted by molar-refractivity contribution is 8.00. The predicted octanol–water partition coefficient (Wildman–Crippen LogP) is 4.68. The number of ether oxygens (including phenoxy) is 1. The molecule has 0 saturated carbocycles. The molecule has 3 aromatic rings. The van der Waals surface area contributed by atoms with Gasteiger partial charge < -0.3 is 16.3 Å². The quantitative estimate of drug-likeness (QED) is 0.179. The van der Waals surface area contributed by atoms with Gasteiger partial charge in [0.05, 0.1) is 17.6 Å². The molecule has 4 N–H and O–H groups in total. The summed E-state index contributed by atoms with van der Waals surface area (Å²) >= 11 is 0.983. The van der Waals surface area contributed by atoms with E-state index in [1.807, 2.05) is 30.3 Å². The van der Waals surface area contributed by atoms with Crippen LogP contribution >= 0.6 is 11.8 Å². The number of aromatic nitrogens is 2. The Morgan fingerprint density at radius 2 is 1.71 bits per heavy atom. The number of alkyl halides is 3. The Morgan fingerprint density at radius 1 is 1.03 bits per heavy atom. The van der Waals surface area contributed by atoms with E-state index in [0.717, 1.165) is 11.8 Å². The standard InChI is InChI=1S/C20H17F3N6OS/c21-20(22,23)19-27-17(24)10-18(28-19)31-12-14(29-25)11-26-13-6-8-16(9-7-13)30-15-4-2-1-3-5-15/h1-11H,12,25H2,(H2,24,27,28)/b26-11?,29-14+. The van der Waals surface area contributed by atoms with Crippen molar-refractivity contribution in [3.05, 3.63) is 66.5 Å². The molecule has 0 aliphatic carbocycles. The maximum atomic E-state index is 12.8. The number of para-hydroxylation sites is 1. The third kappa shape index (κ3) is 6.71. The van der Waals surface area contributed by atoms with Crippen molar-refractivity contribution < 1.29 is 17.9 Å². The fourth-order valence-electron chi connectivity index (χ4n) is 2.27. The van der Waals surface area contributed by atoms with Gasteiger partial charge in [-0.1, -0.05) is 30.0 Å². The fraction of sp³-hybridized carbons (Fsp3) is 0.100. The molecule has 7 nitrogen and oxygen atoms in total. The van der Waals surface area contributed by atoms with Gasteiger partial charge in [0.2, 0.25) is 5.82 Å². The molecule has 0 aliphatic heterocycles. The fourth-order valence-corrected chi connectivity index (χ4v) is 3.07. The van der Waals surface area contributed by atoms with Crippen LogP contribution in [0.3, 0.4) is 0 Å². The Balaban J connectivity index is 1.60. The lowest BCUT2D eigenvalue weighted by Gasteiger charge is -2.08. The summed E-state index contributed by atoms with van der Waals surface area (Å²) in [7, 11) is 0. The Bertz CT molecular complexity index is 1070. The third-order valence-corrected chi connectivity index (χ3v) is 4.63. The maximum absolute atomic E-state index is 12.8. The third-order valence-electron chi connectivity index (χ3n) is 3.69. The van der Waals surface area contributed by atoms with Gasteiger partial charge in [0.15, 0.2) is 0 Å². The van der Waals surface area contributed by atoms with Gasteiger partial charge in [0.25, 0.3) is 0 Å². The van der Waals surface area contributed by atoms with Crippen LogP contribution in [0.25, 0.3) is 0 Å². The number of aliphatic imine (C=N–C) groups is 1. The summed E-state index contributed by atoms with van der Waals surface area (Å²) in [6.45, 7) is 0. The summed E-state index contributed by atoms with van der Waals surface area (Å²) in [5, 5.41) is 3.66. The number of rotatable bonds is 7. The molecule has 160 valence electrons. The zero-order valence-corrected chi connectivity index (χ0v) is 16.8. The SMILES string of the molecule is N/N=C(\C=Nc1ccc(Oc2ccccc2)cc1)CSc1cc(N)nc(C(F)(F)F)n1. The van der Waals surface area contributed by atoms with Crippen LogP contribution in [0.15, 0.2) is 75.8 Å². The van der Waals surface area contributed by atoms with Crippen molar-refractivity contribution in [1.29, 1.82) is 0 Å². The number of hydrogen-bond acceptors (Lipinski definition) is 8. The van der Waals surface area contributed by atoms with Crippen LogP contribution in [-0.4, -0.2) is 27.6 Å². The molecule has 0 aliphatic rings. The number of hydrazone groups is 1. The molecule has 0 saturated heterocycles. The maximum Gasteiger partial charge on any atom is 0.451 e. The monoisotopic (exact) mass is 446 g/mol. The van der Waals surface area contributed by atoms with Gasteiger partial charge in [-0.25, -0.2) is 9.97 Å². The first kappa shape index (κ1) is 22.1. The van der Waals surface area contributed by atoms with Gasteiger partial charge in [0, 0.05) is 11.8 Å². The molecular weight excluding hydrogens is 429 g/mol.